The normalized spacial score (nSPS) is 9.53. The summed E-state index contributed by atoms with van der Waals surface area (Å²) in [5.74, 6) is 6.40. The number of hydrogen-bond acceptors (Lipinski definition) is 4. The van der Waals surface area contributed by atoms with Crippen molar-refractivity contribution in [2.45, 2.75) is 13.0 Å². The van der Waals surface area contributed by atoms with Crippen molar-refractivity contribution in [2.75, 3.05) is 18.6 Å². The van der Waals surface area contributed by atoms with E-state index in [-0.39, 0.29) is 12.5 Å². The minimum atomic E-state index is 0.0418. The predicted octanol–water partition coefficient (Wildman–Crippen LogP) is 1.46. The third-order valence-electron chi connectivity index (χ3n) is 1.93. The van der Waals surface area contributed by atoms with Crippen LogP contribution in [-0.4, -0.2) is 29.6 Å². The summed E-state index contributed by atoms with van der Waals surface area (Å²) in [7, 11) is 0. The van der Waals surface area contributed by atoms with Crippen LogP contribution in [0.3, 0.4) is 0 Å². The van der Waals surface area contributed by atoms with Crippen LogP contribution in [0.2, 0.25) is 0 Å². The number of thiophene rings is 1. The Morgan fingerprint density at radius 3 is 3.18 bits per heavy atom. The highest BCUT2D eigenvalue weighted by molar-refractivity contribution is 7.99. The Morgan fingerprint density at radius 2 is 2.47 bits per heavy atom. The number of rotatable bonds is 5. The van der Waals surface area contributed by atoms with Gasteiger partial charge in [-0.25, -0.2) is 0 Å². The number of aliphatic hydroxyl groups is 1. The fraction of sp³-hybridized carbons (Fsp3) is 0.417. The van der Waals surface area contributed by atoms with Crippen molar-refractivity contribution < 1.29 is 9.90 Å². The van der Waals surface area contributed by atoms with E-state index in [1.54, 1.807) is 11.3 Å². The highest BCUT2D eigenvalue weighted by Gasteiger charge is 2.04. The molecule has 0 atom stereocenters. The van der Waals surface area contributed by atoms with Crippen LogP contribution < -0.4 is 5.32 Å². The van der Waals surface area contributed by atoms with E-state index >= 15 is 0 Å². The number of nitrogens with one attached hydrogen (secondary N) is 1. The van der Waals surface area contributed by atoms with Gasteiger partial charge in [-0.2, -0.15) is 11.8 Å². The number of carbonyl (C=O) groups excluding carboxylic acids is 1. The second-order valence-electron chi connectivity index (χ2n) is 3.24. The van der Waals surface area contributed by atoms with Crippen molar-refractivity contribution in [1.82, 2.24) is 5.32 Å². The Balaban J connectivity index is 2.52. The predicted molar refractivity (Wildman–Crippen MR) is 73.1 cm³/mol. The number of thioether (sulfide) groups is 1. The zero-order valence-electron chi connectivity index (χ0n) is 9.66. The molecule has 0 bridgehead atoms. The van der Waals surface area contributed by atoms with E-state index in [0.29, 0.717) is 18.7 Å². The smallest absolute Gasteiger partial charge is 0.230 e. The van der Waals surface area contributed by atoms with Crippen molar-refractivity contribution in [2.24, 2.45) is 0 Å². The molecule has 1 amide bonds. The SMILES string of the molecule is CSCC(=O)NCc1sccc1C#CCCO. The standard InChI is InChI=1S/C12H15NO2S2/c1-16-9-12(15)13-8-11-10(5-7-17-11)4-2-3-6-14/h5,7,14H,3,6,8-9H2,1H3,(H,13,15). The molecule has 0 saturated heterocycles. The summed E-state index contributed by atoms with van der Waals surface area (Å²) in [5.41, 5.74) is 0.938. The van der Waals surface area contributed by atoms with Gasteiger partial charge < -0.3 is 10.4 Å². The quantitative estimate of drug-likeness (QED) is 0.796. The summed E-state index contributed by atoms with van der Waals surface area (Å²) in [6.07, 6.45) is 2.38. The molecular formula is C12H15NO2S2. The van der Waals surface area contributed by atoms with Gasteiger partial charge in [-0.3, -0.25) is 4.79 Å². The minimum absolute atomic E-state index is 0.0418. The van der Waals surface area contributed by atoms with E-state index in [2.05, 4.69) is 17.2 Å². The fourth-order valence-corrected chi connectivity index (χ4v) is 2.30. The number of aliphatic hydroxyl groups excluding tert-OH is 1. The van der Waals surface area contributed by atoms with Crippen molar-refractivity contribution in [3.05, 3.63) is 21.9 Å². The molecule has 17 heavy (non-hydrogen) atoms. The molecule has 0 spiro atoms. The van der Waals surface area contributed by atoms with E-state index in [9.17, 15) is 4.79 Å². The number of hydrogen-bond donors (Lipinski definition) is 2. The van der Waals surface area contributed by atoms with Crippen LogP contribution in [-0.2, 0) is 11.3 Å². The maximum Gasteiger partial charge on any atom is 0.230 e. The Kier molecular flexibility index (Phi) is 6.78. The number of amides is 1. The molecule has 0 aliphatic carbocycles. The molecule has 1 rings (SSSR count). The van der Waals surface area contributed by atoms with Gasteiger partial charge in [0.15, 0.2) is 0 Å². The second kappa shape index (κ2) is 8.18. The molecule has 5 heteroatoms. The molecule has 92 valence electrons. The first-order valence-electron chi connectivity index (χ1n) is 5.19. The summed E-state index contributed by atoms with van der Waals surface area (Å²) in [5, 5.41) is 13.4. The third-order valence-corrected chi connectivity index (χ3v) is 3.40. The molecule has 1 aromatic rings. The van der Waals surface area contributed by atoms with E-state index < -0.39 is 0 Å². The van der Waals surface area contributed by atoms with Gasteiger partial charge >= 0.3 is 0 Å². The molecule has 0 radical (unpaired) electrons. The topological polar surface area (TPSA) is 49.3 Å². The van der Waals surface area contributed by atoms with Crippen LogP contribution in [0.15, 0.2) is 11.4 Å². The van der Waals surface area contributed by atoms with E-state index in [4.69, 9.17) is 5.11 Å². The van der Waals surface area contributed by atoms with Gasteiger partial charge in [-0.15, -0.1) is 11.3 Å². The van der Waals surface area contributed by atoms with Crippen LogP contribution in [0.1, 0.15) is 16.9 Å². The van der Waals surface area contributed by atoms with Gasteiger partial charge in [0, 0.05) is 16.9 Å². The van der Waals surface area contributed by atoms with Gasteiger partial charge in [-0.1, -0.05) is 11.8 Å². The summed E-state index contributed by atoms with van der Waals surface area (Å²) in [4.78, 5) is 12.4. The van der Waals surface area contributed by atoms with Crippen LogP contribution in [0.25, 0.3) is 0 Å². The number of carbonyl (C=O) groups is 1. The molecule has 1 heterocycles. The summed E-state index contributed by atoms with van der Waals surface area (Å²) in [6, 6.07) is 1.94. The molecule has 0 unspecified atom stereocenters. The van der Waals surface area contributed by atoms with Crippen molar-refractivity contribution in [3.63, 3.8) is 0 Å². The third kappa shape index (κ3) is 5.26. The average molecular weight is 269 g/mol. The molecule has 0 saturated carbocycles. The Hall–Kier alpha value is -0.960. The Bertz CT molecular complexity index is 418. The molecular weight excluding hydrogens is 254 g/mol. The molecule has 0 aliphatic rings. The van der Waals surface area contributed by atoms with Crippen molar-refractivity contribution >= 4 is 29.0 Å². The van der Waals surface area contributed by atoms with Crippen molar-refractivity contribution in [1.29, 1.82) is 0 Å². The highest BCUT2D eigenvalue weighted by atomic mass is 32.2. The maximum atomic E-state index is 11.3. The lowest BCUT2D eigenvalue weighted by Gasteiger charge is -2.02. The van der Waals surface area contributed by atoms with E-state index in [1.807, 2.05) is 17.7 Å². The zero-order valence-corrected chi connectivity index (χ0v) is 11.3. The summed E-state index contributed by atoms with van der Waals surface area (Å²) < 4.78 is 0. The second-order valence-corrected chi connectivity index (χ2v) is 5.11. The zero-order chi connectivity index (χ0) is 12.5. The largest absolute Gasteiger partial charge is 0.395 e. The summed E-state index contributed by atoms with van der Waals surface area (Å²) >= 11 is 3.08. The van der Waals surface area contributed by atoms with E-state index in [1.165, 1.54) is 11.8 Å². The van der Waals surface area contributed by atoms with E-state index in [0.717, 1.165) is 10.4 Å². The van der Waals surface area contributed by atoms with Gasteiger partial charge in [0.05, 0.1) is 18.9 Å². The first kappa shape index (κ1) is 14.1. The molecule has 3 nitrogen and oxygen atoms in total. The molecule has 0 aromatic carbocycles. The first-order valence-corrected chi connectivity index (χ1v) is 7.47. The van der Waals surface area contributed by atoms with Gasteiger partial charge in [0.1, 0.15) is 0 Å². The Morgan fingerprint density at radius 1 is 1.65 bits per heavy atom. The average Bonchev–Trinajstić information content (AvgIpc) is 2.75. The van der Waals surface area contributed by atoms with Crippen LogP contribution in [0.4, 0.5) is 0 Å². The fourth-order valence-electron chi connectivity index (χ4n) is 1.16. The van der Waals surface area contributed by atoms with Gasteiger partial charge in [0.2, 0.25) is 5.91 Å². The lowest BCUT2D eigenvalue weighted by molar-refractivity contribution is -0.118. The first-order chi connectivity index (χ1) is 8.27. The van der Waals surface area contributed by atoms with Gasteiger partial charge in [-0.05, 0) is 17.7 Å². The lowest BCUT2D eigenvalue weighted by Crippen LogP contribution is -2.24. The maximum absolute atomic E-state index is 11.3. The molecule has 0 aliphatic heterocycles. The monoisotopic (exact) mass is 269 g/mol. The minimum Gasteiger partial charge on any atom is -0.395 e. The molecule has 0 fully saturated rings. The Labute approximate surface area is 110 Å². The highest BCUT2D eigenvalue weighted by Crippen LogP contribution is 2.15. The van der Waals surface area contributed by atoms with Crippen LogP contribution >= 0.6 is 23.1 Å². The summed E-state index contributed by atoms with van der Waals surface area (Å²) in [6.45, 7) is 0.608. The molecule has 1 aromatic heterocycles. The van der Waals surface area contributed by atoms with Crippen molar-refractivity contribution in [3.8, 4) is 11.8 Å². The molecule has 2 N–H and O–H groups in total. The van der Waals surface area contributed by atoms with Crippen LogP contribution in [0, 0.1) is 11.8 Å². The van der Waals surface area contributed by atoms with Gasteiger partial charge in [0.25, 0.3) is 0 Å². The lowest BCUT2D eigenvalue weighted by atomic mass is 10.2. The van der Waals surface area contributed by atoms with Crippen LogP contribution in [0.5, 0.6) is 0 Å².